The van der Waals surface area contributed by atoms with Crippen molar-refractivity contribution in [3.63, 3.8) is 0 Å². The Balaban J connectivity index is 1.92. The van der Waals surface area contributed by atoms with Gasteiger partial charge in [0.1, 0.15) is 17.2 Å². The van der Waals surface area contributed by atoms with Crippen molar-refractivity contribution in [2.24, 2.45) is 5.73 Å². The van der Waals surface area contributed by atoms with Crippen LogP contribution in [0.2, 0.25) is 0 Å². The predicted molar refractivity (Wildman–Crippen MR) is 104 cm³/mol. The molecular weight excluding hydrogens is 354 g/mol. The van der Waals surface area contributed by atoms with Crippen LogP contribution >= 0.6 is 0 Å². The van der Waals surface area contributed by atoms with Crippen molar-refractivity contribution in [1.29, 1.82) is 5.26 Å². The van der Waals surface area contributed by atoms with Crippen molar-refractivity contribution in [2.75, 3.05) is 0 Å². The van der Waals surface area contributed by atoms with Gasteiger partial charge in [0.25, 0.3) is 0 Å². The van der Waals surface area contributed by atoms with E-state index in [1.54, 1.807) is 30.5 Å². The summed E-state index contributed by atoms with van der Waals surface area (Å²) in [5.74, 6) is -0.395. The summed E-state index contributed by atoms with van der Waals surface area (Å²) in [7, 11) is 0. The third-order valence-electron chi connectivity index (χ3n) is 4.97. The lowest BCUT2D eigenvalue weighted by Gasteiger charge is -2.26. The molecule has 0 saturated carbocycles. The van der Waals surface area contributed by atoms with Crippen LogP contribution in [0, 0.1) is 11.3 Å². The number of allylic oxidation sites excluding steroid dienone is 1. The summed E-state index contributed by atoms with van der Waals surface area (Å²) in [6.45, 7) is 0. The molecule has 0 bridgehead atoms. The van der Waals surface area contributed by atoms with Crippen LogP contribution in [-0.4, -0.2) is 4.98 Å². The van der Waals surface area contributed by atoms with Crippen LogP contribution in [0.3, 0.4) is 0 Å². The molecule has 0 fully saturated rings. The van der Waals surface area contributed by atoms with Crippen LogP contribution in [0.1, 0.15) is 17.0 Å². The first-order chi connectivity index (χ1) is 13.7. The predicted octanol–water partition coefficient (Wildman–Crippen LogP) is 3.56. The lowest BCUT2D eigenvalue weighted by Crippen LogP contribution is -2.26. The minimum absolute atomic E-state index is 0.0170. The molecule has 1 aliphatic rings. The molecule has 28 heavy (non-hydrogen) atoms. The Kier molecular flexibility index (Phi) is 3.43. The first-order valence-electron chi connectivity index (χ1n) is 8.66. The van der Waals surface area contributed by atoms with Crippen molar-refractivity contribution in [1.82, 2.24) is 4.98 Å². The average Bonchev–Trinajstić information content (AvgIpc) is 2.72. The van der Waals surface area contributed by atoms with Crippen molar-refractivity contribution < 1.29 is 9.15 Å². The summed E-state index contributed by atoms with van der Waals surface area (Å²) in [5, 5.41) is 11.2. The molecule has 0 amide bonds. The maximum absolute atomic E-state index is 12.9. The lowest BCUT2D eigenvalue weighted by molar-refractivity contribution is 0.388. The first-order valence-corrected chi connectivity index (χ1v) is 8.66. The second-order valence-corrected chi connectivity index (χ2v) is 6.47. The van der Waals surface area contributed by atoms with Crippen LogP contribution in [0.4, 0.5) is 0 Å². The summed E-state index contributed by atoms with van der Waals surface area (Å²) in [6, 6.07) is 18.5. The minimum atomic E-state index is -0.706. The number of nitriles is 1. The maximum atomic E-state index is 12.9. The lowest BCUT2D eigenvalue weighted by atomic mass is 9.82. The van der Waals surface area contributed by atoms with Crippen LogP contribution in [0.5, 0.6) is 5.75 Å². The van der Waals surface area contributed by atoms with Gasteiger partial charge in [-0.2, -0.15) is 5.26 Å². The number of ether oxygens (including phenoxy) is 1. The molecule has 0 aliphatic carbocycles. The van der Waals surface area contributed by atoms with E-state index in [4.69, 9.17) is 14.9 Å². The largest absolute Gasteiger partial charge is 0.439 e. The molecule has 2 N–H and O–H groups in total. The van der Waals surface area contributed by atoms with Gasteiger partial charge in [0.05, 0.1) is 22.4 Å². The van der Waals surface area contributed by atoms with Gasteiger partial charge in [0.15, 0.2) is 5.75 Å². The normalized spacial score (nSPS) is 15.9. The molecule has 1 atom stereocenters. The van der Waals surface area contributed by atoms with Gasteiger partial charge in [-0.15, -0.1) is 0 Å². The van der Waals surface area contributed by atoms with Crippen LogP contribution in [0.15, 0.2) is 81.5 Å². The standard InChI is InChI=1S/C22H13N3O3/c23-11-15-18(13-9-10-25-16-7-3-1-5-12(13)16)19-20(28-21(15)24)14-6-2-4-8-17(14)27-22(19)26/h1-10,18H,24H2. The molecule has 5 rings (SSSR count). The fraction of sp³-hybridized carbons (Fsp3) is 0.0455. The minimum Gasteiger partial charge on any atom is -0.439 e. The van der Waals surface area contributed by atoms with Crippen molar-refractivity contribution in [2.45, 2.75) is 5.92 Å². The van der Waals surface area contributed by atoms with E-state index in [9.17, 15) is 10.1 Å². The number of para-hydroxylation sites is 2. The molecule has 0 saturated heterocycles. The molecular formula is C22H13N3O3. The third kappa shape index (κ3) is 2.20. The van der Waals surface area contributed by atoms with Gasteiger partial charge < -0.3 is 14.9 Å². The van der Waals surface area contributed by atoms with E-state index in [0.29, 0.717) is 16.7 Å². The molecule has 6 nitrogen and oxygen atoms in total. The average molecular weight is 367 g/mol. The van der Waals surface area contributed by atoms with Gasteiger partial charge in [0, 0.05) is 11.6 Å². The van der Waals surface area contributed by atoms with Crippen molar-refractivity contribution in [3.05, 3.63) is 93.8 Å². The van der Waals surface area contributed by atoms with Gasteiger partial charge in [0.2, 0.25) is 5.88 Å². The Morgan fingerprint density at radius 2 is 1.79 bits per heavy atom. The molecule has 1 aliphatic heterocycles. The smallest absolute Gasteiger partial charge is 0.344 e. The summed E-state index contributed by atoms with van der Waals surface area (Å²) in [5.41, 5.74) is 7.89. The van der Waals surface area contributed by atoms with Crippen LogP contribution < -0.4 is 16.1 Å². The maximum Gasteiger partial charge on any atom is 0.344 e. The monoisotopic (exact) mass is 367 g/mol. The Morgan fingerprint density at radius 1 is 1.04 bits per heavy atom. The van der Waals surface area contributed by atoms with E-state index >= 15 is 0 Å². The Labute approximate surface area is 159 Å². The molecule has 1 unspecified atom stereocenters. The molecule has 3 heterocycles. The Hall–Kier alpha value is -4.11. The topological polar surface area (TPSA) is 102 Å². The number of benzene rings is 2. The highest BCUT2D eigenvalue weighted by Gasteiger charge is 2.36. The highest BCUT2D eigenvalue weighted by atomic mass is 16.5. The van der Waals surface area contributed by atoms with E-state index in [2.05, 4.69) is 11.1 Å². The molecule has 4 aromatic rings. The van der Waals surface area contributed by atoms with Gasteiger partial charge in [-0.3, -0.25) is 4.98 Å². The molecule has 0 spiro atoms. The fourth-order valence-electron chi connectivity index (χ4n) is 3.75. The second-order valence-electron chi connectivity index (χ2n) is 6.47. The number of nitrogens with two attached hydrogens (primary N) is 1. The Bertz CT molecular complexity index is 1390. The summed E-state index contributed by atoms with van der Waals surface area (Å²) in [6.07, 6.45) is 1.65. The van der Waals surface area contributed by atoms with Crippen molar-refractivity contribution in [3.8, 4) is 11.8 Å². The number of hydrogen-bond donors (Lipinski definition) is 1. The quantitative estimate of drug-likeness (QED) is 0.516. The summed E-state index contributed by atoms with van der Waals surface area (Å²) >= 11 is 0. The third-order valence-corrected chi connectivity index (χ3v) is 4.97. The van der Waals surface area contributed by atoms with Crippen molar-refractivity contribution >= 4 is 21.9 Å². The number of hydrogen-bond acceptors (Lipinski definition) is 6. The van der Waals surface area contributed by atoms with E-state index in [1.807, 2.05) is 30.3 Å². The molecule has 2 aromatic heterocycles. The molecule has 134 valence electrons. The highest BCUT2D eigenvalue weighted by molar-refractivity contribution is 5.88. The zero-order valence-electron chi connectivity index (χ0n) is 14.5. The number of fused-ring (bicyclic) bond motifs is 4. The van der Waals surface area contributed by atoms with E-state index in [-0.39, 0.29) is 17.0 Å². The van der Waals surface area contributed by atoms with E-state index < -0.39 is 11.5 Å². The highest BCUT2D eigenvalue weighted by Crippen LogP contribution is 2.44. The number of aromatic nitrogens is 1. The zero-order chi connectivity index (χ0) is 19.3. The van der Waals surface area contributed by atoms with E-state index in [0.717, 1.165) is 16.5 Å². The van der Waals surface area contributed by atoms with Gasteiger partial charge in [-0.1, -0.05) is 30.3 Å². The van der Waals surface area contributed by atoms with Gasteiger partial charge >= 0.3 is 5.63 Å². The van der Waals surface area contributed by atoms with Gasteiger partial charge in [-0.25, -0.2) is 4.79 Å². The van der Waals surface area contributed by atoms with Crippen LogP contribution in [-0.2, 0) is 0 Å². The summed E-state index contributed by atoms with van der Waals surface area (Å²) < 4.78 is 11.3. The zero-order valence-corrected chi connectivity index (χ0v) is 14.5. The summed E-state index contributed by atoms with van der Waals surface area (Å²) in [4.78, 5) is 17.3. The number of nitrogens with zero attached hydrogens (tertiary/aromatic N) is 2. The van der Waals surface area contributed by atoms with Gasteiger partial charge in [-0.05, 0) is 29.8 Å². The number of pyridine rings is 1. The first kappa shape index (κ1) is 16.1. The molecule has 6 heteroatoms. The molecule has 2 aromatic carbocycles. The fourth-order valence-corrected chi connectivity index (χ4v) is 3.75. The number of rotatable bonds is 1. The second kappa shape index (κ2) is 5.96. The SMILES string of the molecule is N#CC1=C(N)Oc2c(c(=O)oc3ccccc23)C1c1ccnc2ccccc12. The molecule has 0 radical (unpaired) electrons. The Morgan fingerprint density at radius 3 is 2.61 bits per heavy atom. The van der Waals surface area contributed by atoms with E-state index in [1.165, 1.54) is 0 Å². The van der Waals surface area contributed by atoms with Crippen LogP contribution in [0.25, 0.3) is 21.9 Å².